The Morgan fingerprint density at radius 2 is 0.927 bits per heavy atom. The lowest BCUT2D eigenvalue weighted by Crippen LogP contribution is -2.28. The fourth-order valence-corrected chi connectivity index (χ4v) is 7.19. The maximum Gasteiger partial charge on any atom is 0.333 e. The molecule has 1 aliphatic rings. The normalized spacial score (nSPS) is 13.7. The lowest BCUT2D eigenvalue weighted by molar-refractivity contribution is -0.143. The van der Waals surface area contributed by atoms with Crippen molar-refractivity contribution in [2.24, 2.45) is 0 Å². The number of esters is 2. The van der Waals surface area contributed by atoms with E-state index in [1.165, 1.54) is 22.3 Å². The van der Waals surface area contributed by atoms with Gasteiger partial charge in [0.15, 0.2) is 0 Å². The van der Waals surface area contributed by atoms with Crippen LogP contribution in [0.3, 0.4) is 0 Å². The van der Waals surface area contributed by atoms with E-state index < -0.39 is 29.6 Å². The van der Waals surface area contributed by atoms with E-state index in [4.69, 9.17) is 18.9 Å². The molecule has 6 aromatic rings. The van der Waals surface area contributed by atoms with Gasteiger partial charge < -0.3 is 29.2 Å². The molecule has 1 aliphatic carbocycles. The van der Waals surface area contributed by atoms with E-state index in [9.17, 15) is 19.8 Å². The van der Waals surface area contributed by atoms with Crippen LogP contribution in [0.5, 0.6) is 11.5 Å². The molecule has 0 radical (unpaired) electrons. The molecule has 0 aromatic heterocycles. The van der Waals surface area contributed by atoms with Gasteiger partial charge in [-0.1, -0.05) is 98.1 Å². The Balaban J connectivity index is 1.21. The van der Waals surface area contributed by atoms with Crippen molar-refractivity contribution >= 4 is 33.5 Å². The van der Waals surface area contributed by atoms with E-state index in [0.29, 0.717) is 11.5 Å². The third-order valence-electron chi connectivity index (χ3n) is 9.84. The van der Waals surface area contributed by atoms with Crippen LogP contribution in [0.2, 0.25) is 0 Å². The molecule has 0 aliphatic heterocycles. The standard InChI is InChI=1S/C47H42O8/c1-29(2)45(50)54-27-37(48)25-52-39-19-15-31-21-35(17-13-33(31)23-39)47(43-11-7-5-9-41(43)42-10-6-8-12-44(42)47)36-18-14-34-24-40(20-16-32(34)22-36)53-26-38(49)28-55-46(51)30(3)4/h5-24,37-38,48-49H,1,3,25-28H2,2,4H3. The fraction of sp³-hybridized carbons (Fsp3) is 0.191. The summed E-state index contributed by atoms with van der Waals surface area (Å²) in [7, 11) is 0. The zero-order chi connectivity index (χ0) is 38.7. The molecule has 0 bridgehead atoms. The van der Waals surface area contributed by atoms with Crippen LogP contribution in [0.15, 0.2) is 146 Å². The molecule has 8 heteroatoms. The average molecular weight is 735 g/mol. The summed E-state index contributed by atoms with van der Waals surface area (Å²) in [6.45, 7) is 9.79. The topological polar surface area (TPSA) is 112 Å². The number of carbonyl (C=O) groups excluding carboxylic acids is 2. The van der Waals surface area contributed by atoms with Crippen LogP contribution in [0.1, 0.15) is 36.1 Å². The zero-order valence-electron chi connectivity index (χ0n) is 30.8. The van der Waals surface area contributed by atoms with E-state index >= 15 is 0 Å². The highest BCUT2D eigenvalue weighted by Gasteiger charge is 2.46. The van der Waals surface area contributed by atoms with Crippen molar-refractivity contribution < 1.29 is 38.7 Å². The molecule has 0 saturated heterocycles. The van der Waals surface area contributed by atoms with E-state index in [1.54, 1.807) is 13.8 Å². The summed E-state index contributed by atoms with van der Waals surface area (Å²) in [5.41, 5.74) is 6.89. The van der Waals surface area contributed by atoms with Gasteiger partial charge in [0.25, 0.3) is 0 Å². The largest absolute Gasteiger partial charge is 0.491 e. The van der Waals surface area contributed by atoms with Gasteiger partial charge in [-0.25, -0.2) is 9.59 Å². The number of ether oxygens (including phenoxy) is 4. The molecule has 278 valence electrons. The van der Waals surface area contributed by atoms with Gasteiger partial charge in [0.2, 0.25) is 0 Å². The Labute approximate surface area is 319 Å². The number of fused-ring (bicyclic) bond motifs is 5. The number of hydrogen-bond donors (Lipinski definition) is 2. The monoisotopic (exact) mass is 734 g/mol. The van der Waals surface area contributed by atoms with E-state index in [1.807, 2.05) is 36.4 Å². The van der Waals surface area contributed by atoms with Crippen LogP contribution in [-0.4, -0.2) is 60.8 Å². The van der Waals surface area contributed by atoms with Crippen molar-refractivity contribution in [3.05, 3.63) is 168 Å². The number of benzene rings is 6. The Morgan fingerprint density at radius 1 is 0.545 bits per heavy atom. The maximum absolute atomic E-state index is 11.7. The molecule has 2 atom stereocenters. The molecule has 0 spiro atoms. The van der Waals surface area contributed by atoms with Crippen LogP contribution >= 0.6 is 0 Å². The number of aliphatic hydroxyl groups excluding tert-OH is 2. The second kappa shape index (κ2) is 15.6. The van der Waals surface area contributed by atoms with E-state index in [2.05, 4.69) is 98.1 Å². The summed E-state index contributed by atoms with van der Waals surface area (Å²) in [6, 6.07) is 41.9. The summed E-state index contributed by atoms with van der Waals surface area (Å²) in [5, 5.41) is 24.6. The second-order valence-corrected chi connectivity index (χ2v) is 14.0. The smallest absolute Gasteiger partial charge is 0.333 e. The first-order chi connectivity index (χ1) is 26.5. The van der Waals surface area contributed by atoms with Gasteiger partial charge in [0, 0.05) is 11.1 Å². The van der Waals surface area contributed by atoms with Gasteiger partial charge in [-0.2, -0.15) is 0 Å². The Hall–Kier alpha value is -6.22. The van der Waals surface area contributed by atoms with Gasteiger partial charge in [-0.05, 0) is 105 Å². The molecule has 0 saturated carbocycles. The molecular weight excluding hydrogens is 693 g/mol. The van der Waals surface area contributed by atoms with Gasteiger partial charge in [0.05, 0.1) is 5.41 Å². The van der Waals surface area contributed by atoms with Crippen LogP contribution in [0.4, 0.5) is 0 Å². The molecular formula is C47H42O8. The molecule has 6 aromatic carbocycles. The van der Waals surface area contributed by atoms with Crippen LogP contribution in [0.25, 0.3) is 32.7 Å². The van der Waals surface area contributed by atoms with Gasteiger partial charge in [0.1, 0.15) is 50.1 Å². The van der Waals surface area contributed by atoms with E-state index in [-0.39, 0.29) is 37.6 Å². The summed E-state index contributed by atoms with van der Waals surface area (Å²) in [6.07, 6.45) is -1.97. The Morgan fingerprint density at radius 3 is 1.35 bits per heavy atom. The first kappa shape index (κ1) is 37.1. The Kier molecular flexibility index (Phi) is 10.5. The highest BCUT2D eigenvalue weighted by Crippen LogP contribution is 2.56. The van der Waals surface area contributed by atoms with Gasteiger partial charge in [-0.3, -0.25) is 0 Å². The highest BCUT2D eigenvalue weighted by atomic mass is 16.6. The lowest BCUT2D eigenvalue weighted by atomic mass is 9.67. The predicted octanol–water partition coefficient (Wildman–Crippen LogP) is 8.07. The van der Waals surface area contributed by atoms with Crippen molar-refractivity contribution in [2.45, 2.75) is 31.5 Å². The van der Waals surface area contributed by atoms with Crippen molar-refractivity contribution in [1.29, 1.82) is 0 Å². The first-order valence-corrected chi connectivity index (χ1v) is 18.1. The number of aliphatic hydroxyl groups is 2. The van der Waals surface area contributed by atoms with Crippen molar-refractivity contribution in [3.63, 3.8) is 0 Å². The average Bonchev–Trinajstić information content (AvgIpc) is 3.50. The summed E-state index contributed by atoms with van der Waals surface area (Å²) in [4.78, 5) is 23.4. The minimum absolute atomic E-state index is 0.0335. The quantitative estimate of drug-likeness (QED) is 0.0853. The molecule has 7 rings (SSSR count). The fourth-order valence-electron chi connectivity index (χ4n) is 7.19. The Bertz CT molecular complexity index is 2280. The molecule has 0 heterocycles. The molecule has 0 fully saturated rings. The van der Waals surface area contributed by atoms with Crippen LogP contribution in [-0.2, 0) is 24.5 Å². The molecule has 55 heavy (non-hydrogen) atoms. The van der Waals surface area contributed by atoms with E-state index in [0.717, 1.165) is 32.7 Å². The SMILES string of the molecule is C=C(C)C(=O)OCC(O)COc1ccc2cc(C3(c4ccc5cc(OCC(O)COC(=O)C(=C)C)ccc5c4)c4ccccc4-c4ccccc43)ccc2c1. The third-order valence-corrected chi connectivity index (χ3v) is 9.84. The second-order valence-electron chi connectivity index (χ2n) is 14.0. The molecule has 2 N–H and O–H groups in total. The summed E-state index contributed by atoms with van der Waals surface area (Å²) in [5.74, 6) is 0.0818. The maximum atomic E-state index is 11.7. The predicted molar refractivity (Wildman–Crippen MR) is 213 cm³/mol. The molecule has 8 nitrogen and oxygen atoms in total. The van der Waals surface area contributed by atoms with Crippen molar-refractivity contribution in [2.75, 3.05) is 26.4 Å². The van der Waals surface area contributed by atoms with Crippen LogP contribution in [0, 0.1) is 0 Å². The van der Waals surface area contributed by atoms with Gasteiger partial charge in [-0.15, -0.1) is 0 Å². The highest BCUT2D eigenvalue weighted by molar-refractivity contribution is 5.92. The number of rotatable bonds is 14. The van der Waals surface area contributed by atoms with Crippen molar-refractivity contribution in [1.82, 2.24) is 0 Å². The van der Waals surface area contributed by atoms with Crippen molar-refractivity contribution in [3.8, 4) is 22.6 Å². The summed E-state index contributed by atoms with van der Waals surface area (Å²) < 4.78 is 21.9. The first-order valence-electron chi connectivity index (χ1n) is 18.1. The minimum atomic E-state index is -0.984. The lowest BCUT2D eigenvalue weighted by Gasteiger charge is -2.34. The minimum Gasteiger partial charge on any atom is -0.491 e. The zero-order valence-corrected chi connectivity index (χ0v) is 30.8. The van der Waals surface area contributed by atoms with Crippen LogP contribution < -0.4 is 9.47 Å². The summed E-state index contributed by atoms with van der Waals surface area (Å²) >= 11 is 0. The number of hydrogen-bond acceptors (Lipinski definition) is 8. The third kappa shape index (κ3) is 7.47. The molecule has 2 unspecified atom stereocenters. The number of carbonyl (C=O) groups is 2. The molecule has 0 amide bonds. The van der Waals surface area contributed by atoms with Gasteiger partial charge >= 0.3 is 11.9 Å².